The smallest absolute Gasteiger partial charge is 0.266 e. The van der Waals surface area contributed by atoms with Crippen molar-refractivity contribution in [3.8, 4) is 0 Å². The lowest BCUT2D eigenvalue weighted by Gasteiger charge is -2.13. The molecule has 1 saturated heterocycles. The van der Waals surface area contributed by atoms with Crippen molar-refractivity contribution in [2.75, 3.05) is 11.9 Å². The Morgan fingerprint density at radius 1 is 1.28 bits per heavy atom. The van der Waals surface area contributed by atoms with Crippen LogP contribution < -0.4 is 5.32 Å². The number of carbonyl (C=O) groups is 2. The molecule has 2 heterocycles. The van der Waals surface area contributed by atoms with Gasteiger partial charge in [0.05, 0.1) is 4.91 Å². The van der Waals surface area contributed by atoms with Crippen LogP contribution >= 0.6 is 35.3 Å². The second kappa shape index (κ2) is 9.91. The molecule has 1 aliphatic heterocycles. The molecule has 2 amide bonds. The van der Waals surface area contributed by atoms with E-state index in [0.717, 1.165) is 16.1 Å². The molecule has 0 aliphatic carbocycles. The number of anilines is 1. The number of rotatable bonds is 7. The number of thiocarbonyl (C=S) groups is 1. The van der Waals surface area contributed by atoms with Gasteiger partial charge in [-0.2, -0.15) is 0 Å². The van der Waals surface area contributed by atoms with Gasteiger partial charge in [0.2, 0.25) is 11.0 Å². The van der Waals surface area contributed by atoms with Crippen LogP contribution in [0.1, 0.15) is 30.3 Å². The van der Waals surface area contributed by atoms with Gasteiger partial charge in [-0.25, -0.2) is 0 Å². The Morgan fingerprint density at radius 3 is 2.72 bits per heavy atom. The maximum atomic E-state index is 12.7. The minimum absolute atomic E-state index is 0.110. The van der Waals surface area contributed by atoms with Crippen molar-refractivity contribution in [1.29, 1.82) is 0 Å². The molecule has 1 aromatic carbocycles. The lowest BCUT2D eigenvalue weighted by molar-refractivity contribution is -0.122. The number of allylic oxidation sites excluding steroid dienone is 2. The van der Waals surface area contributed by atoms with Gasteiger partial charge in [0.15, 0.2) is 0 Å². The van der Waals surface area contributed by atoms with Gasteiger partial charge < -0.3 is 5.32 Å². The molecular formula is C20H20N4O2S3. The zero-order chi connectivity index (χ0) is 20.8. The number of carbonyl (C=O) groups excluding carboxylic acids is 2. The van der Waals surface area contributed by atoms with Crippen LogP contribution in [0, 0.1) is 6.92 Å². The Labute approximate surface area is 183 Å². The molecule has 0 spiro atoms. The summed E-state index contributed by atoms with van der Waals surface area (Å²) in [5, 5.41) is 11.7. The third kappa shape index (κ3) is 6.06. The van der Waals surface area contributed by atoms with Gasteiger partial charge in [-0.15, -0.1) is 10.2 Å². The highest BCUT2D eigenvalue weighted by Crippen LogP contribution is 2.32. The maximum Gasteiger partial charge on any atom is 0.266 e. The average Bonchev–Trinajstić information content (AvgIpc) is 3.19. The molecule has 1 aromatic heterocycles. The topological polar surface area (TPSA) is 75.2 Å². The highest BCUT2D eigenvalue weighted by molar-refractivity contribution is 8.26. The first kappa shape index (κ1) is 21.4. The molecule has 9 heteroatoms. The summed E-state index contributed by atoms with van der Waals surface area (Å²) in [5.41, 5.74) is 2.05. The minimum Gasteiger partial charge on any atom is -0.301 e. The van der Waals surface area contributed by atoms with Crippen molar-refractivity contribution in [3.63, 3.8) is 0 Å². The summed E-state index contributed by atoms with van der Waals surface area (Å²) in [6.07, 6.45) is 4.67. The molecule has 1 N–H and O–H groups in total. The monoisotopic (exact) mass is 444 g/mol. The van der Waals surface area contributed by atoms with Crippen molar-refractivity contribution in [2.24, 2.45) is 0 Å². The molecule has 0 unspecified atom stereocenters. The molecule has 150 valence electrons. The summed E-state index contributed by atoms with van der Waals surface area (Å²) in [6, 6.07) is 9.93. The Morgan fingerprint density at radius 2 is 2.03 bits per heavy atom. The molecule has 0 saturated carbocycles. The summed E-state index contributed by atoms with van der Waals surface area (Å²) >= 11 is 7.98. The first-order valence-corrected chi connectivity index (χ1v) is 11.0. The van der Waals surface area contributed by atoms with Crippen LogP contribution in [0.4, 0.5) is 5.13 Å². The van der Waals surface area contributed by atoms with E-state index in [1.807, 2.05) is 56.3 Å². The second-order valence-electron chi connectivity index (χ2n) is 6.41. The minimum atomic E-state index is -0.149. The van der Waals surface area contributed by atoms with E-state index >= 15 is 0 Å². The predicted octanol–water partition coefficient (Wildman–Crippen LogP) is 4.41. The number of benzene rings is 1. The molecule has 0 bridgehead atoms. The van der Waals surface area contributed by atoms with Crippen molar-refractivity contribution < 1.29 is 9.59 Å². The first-order valence-electron chi connectivity index (χ1n) is 9.01. The number of nitrogens with zero attached hydrogens (tertiary/aromatic N) is 3. The number of nitrogens with one attached hydrogen (secondary N) is 1. The zero-order valence-corrected chi connectivity index (χ0v) is 18.5. The molecule has 3 rings (SSSR count). The fraction of sp³-hybridized carbons (Fsp3) is 0.250. The lowest BCUT2D eigenvalue weighted by atomic mass is 10.1. The molecule has 6 nitrogen and oxygen atoms in total. The summed E-state index contributed by atoms with van der Waals surface area (Å²) in [4.78, 5) is 26.9. The zero-order valence-electron chi connectivity index (χ0n) is 16.0. The maximum absolute atomic E-state index is 12.7. The van der Waals surface area contributed by atoms with Gasteiger partial charge in [0.25, 0.3) is 5.91 Å². The number of aryl methyl sites for hydroxylation is 1. The van der Waals surface area contributed by atoms with Crippen molar-refractivity contribution >= 4 is 62.7 Å². The molecule has 0 radical (unpaired) electrons. The van der Waals surface area contributed by atoms with Crippen molar-refractivity contribution in [2.45, 2.75) is 26.7 Å². The molecule has 1 fully saturated rings. The number of hydrogen-bond donors (Lipinski definition) is 1. The number of aromatic nitrogens is 2. The summed E-state index contributed by atoms with van der Waals surface area (Å²) in [5.74, 6) is -0.260. The quantitative estimate of drug-likeness (QED) is 0.504. The third-order valence-corrected chi connectivity index (χ3v) is 6.12. The standard InChI is InChI=1S/C20H20N4O2S3/c1-13(11-15-7-4-3-5-8-15)12-16-18(26)24(20(27)29-16)10-6-9-17(25)21-19-23-22-14(2)28-19/h3-5,7-8,11-12H,6,9-10H2,1-2H3,(H,21,23,25)/b13-11+,16-12-. The SMILES string of the molecule is CC(/C=C1\SC(=S)N(CCCC(=O)Nc2nnc(C)s2)C1=O)=C\c1ccccc1. The molecule has 2 aromatic rings. The van der Waals surface area contributed by atoms with E-state index in [1.165, 1.54) is 23.1 Å². The van der Waals surface area contributed by atoms with Crippen LogP contribution in [0.25, 0.3) is 6.08 Å². The Hall–Kier alpha value is -2.36. The van der Waals surface area contributed by atoms with E-state index in [1.54, 1.807) is 4.90 Å². The molecule has 1 aliphatic rings. The van der Waals surface area contributed by atoms with Crippen LogP contribution in [0.15, 0.2) is 46.9 Å². The molecule has 0 atom stereocenters. The normalized spacial score (nSPS) is 16.0. The van der Waals surface area contributed by atoms with Gasteiger partial charge in [-0.1, -0.05) is 71.7 Å². The van der Waals surface area contributed by atoms with E-state index in [0.29, 0.717) is 27.3 Å². The largest absolute Gasteiger partial charge is 0.301 e. The van der Waals surface area contributed by atoms with Gasteiger partial charge in [-0.3, -0.25) is 14.5 Å². The van der Waals surface area contributed by atoms with Gasteiger partial charge in [-0.05, 0) is 37.5 Å². The van der Waals surface area contributed by atoms with Crippen LogP contribution in [0.5, 0.6) is 0 Å². The van der Waals surface area contributed by atoms with Gasteiger partial charge >= 0.3 is 0 Å². The summed E-state index contributed by atoms with van der Waals surface area (Å²) in [7, 11) is 0. The Balaban J connectivity index is 1.53. The van der Waals surface area contributed by atoms with Crippen molar-refractivity contribution in [3.05, 3.63) is 57.5 Å². The number of amides is 2. The van der Waals surface area contributed by atoms with Crippen LogP contribution in [0.3, 0.4) is 0 Å². The fourth-order valence-electron chi connectivity index (χ4n) is 2.68. The summed E-state index contributed by atoms with van der Waals surface area (Å²) in [6.45, 7) is 4.19. The van der Waals surface area contributed by atoms with Crippen molar-refractivity contribution in [1.82, 2.24) is 15.1 Å². The lowest BCUT2D eigenvalue weighted by Crippen LogP contribution is -2.29. The van der Waals surface area contributed by atoms with E-state index in [2.05, 4.69) is 15.5 Å². The Kier molecular flexibility index (Phi) is 7.29. The van der Waals surface area contributed by atoms with Crippen LogP contribution in [-0.2, 0) is 9.59 Å². The van der Waals surface area contributed by atoms with Gasteiger partial charge in [0.1, 0.15) is 9.33 Å². The Bertz CT molecular complexity index is 983. The highest BCUT2D eigenvalue weighted by Gasteiger charge is 2.31. The van der Waals surface area contributed by atoms with E-state index < -0.39 is 0 Å². The van der Waals surface area contributed by atoms with Crippen LogP contribution in [0.2, 0.25) is 0 Å². The number of hydrogen-bond acceptors (Lipinski definition) is 7. The van der Waals surface area contributed by atoms with E-state index in [9.17, 15) is 9.59 Å². The third-order valence-electron chi connectivity index (χ3n) is 3.98. The highest BCUT2D eigenvalue weighted by atomic mass is 32.2. The molecular weight excluding hydrogens is 424 g/mol. The van der Waals surface area contributed by atoms with E-state index in [4.69, 9.17) is 12.2 Å². The summed E-state index contributed by atoms with van der Waals surface area (Å²) < 4.78 is 0.522. The molecule has 29 heavy (non-hydrogen) atoms. The second-order valence-corrected chi connectivity index (χ2v) is 9.27. The predicted molar refractivity (Wildman–Crippen MR) is 123 cm³/mol. The average molecular weight is 445 g/mol. The van der Waals surface area contributed by atoms with Gasteiger partial charge in [0, 0.05) is 13.0 Å². The van der Waals surface area contributed by atoms with E-state index in [-0.39, 0.29) is 18.2 Å². The number of thioether (sulfide) groups is 1. The fourth-order valence-corrected chi connectivity index (χ4v) is 4.65. The first-order chi connectivity index (χ1) is 13.9. The van der Waals surface area contributed by atoms with Crippen LogP contribution in [-0.4, -0.2) is 37.8 Å².